The number of imidazole rings is 1. The van der Waals surface area contributed by atoms with Gasteiger partial charge in [0.2, 0.25) is 5.95 Å². The molecule has 166 valence electrons. The van der Waals surface area contributed by atoms with Gasteiger partial charge in [0.15, 0.2) is 0 Å². The maximum Gasteiger partial charge on any atom is 0.209 e. The molecule has 9 nitrogen and oxygen atoms in total. The highest BCUT2D eigenvalue weighted by atomic mass is 16.5. The molecule has 5 rings (SSSR count). The topological polar surface area (TPSA) is 103 Å². The van der Waals surface area contributed by atoms with E-state index < -0.39 is 0 Å². The number of hydrogen-bond acceptors (Lipinski definition) is 8. The number of benzene rings is 1. The van der Waals surface area contributed by atoms with Crippen LogP contribution in [-0.2, 0) is 4.74 Å². The summed E-state index contributed by atoms with van der Waals surface area (Å²) in [6.45, 7) is 4.65. The van der Waals surface area contributed by atoms with Gasteiger partial charge in [-0.15, -0.1) is 0 Å². The summed E-state index contributed by atoms with van der Waals surface area (Å²) >= 11 is 0. The van der Waals surface area contributed by atoms with Crippen molar-refractivity contribution < 1.29 is 4.74 Å². The van der Waals surface area contributed by atoms with Crippen molar-refractivity contribution in [2.24, 2.45) is 0 Å². The summed E-state index contributed by atoms with van der Waals surface area (Å²) in [6.07, 6.45) is 5.22. The standard InChI is InChI=1S/C24H24N8O/c25-16-18-1-6-22(29-17-18)26-7-8-28-24-30-21(15-23-27-9-10-32(23)24)19-2-4-20(5-3-19)31-11-13-33-14-12-31/h1-6,9-10,15,17H,7-8,11-14H2,(H,26,29)(H,28,30). The molecule has 0 spiro atoms. The number of anilines is 3. The summed E-state index contributed by atoms with van der Waals surface area (Å²) in [6, 6.07) is 16.1. The lowest BCUT2D eigenvalue weighted by molar-refractivity contribution is 0.122. The smallest absolute Gasteiger partial charge is 0.209 e. The molecule has 0 amide bonds. The molecule has 3 aromatic heterocycles. The number of morpholine rings is 1. The number of hydrogen-bond donors (Lipinski definition) is 2. The monoisotopic (exact) mass is 440 g/mol. The average molecular weight is 441 g/mol. The van der Waals surface area contributed by atoms with Crippen LogP contribution in [0.1, 0.15) is 5.56 Å². The van der Waals surface area contributed by atoms with Crippen LogP contribution in [0.2, 0.25) is 0 Å². The van der Waals surface area contributed by atoms with E-state index in [2.05, 4.69) is 55.8 Å². The van der Waals surface area contributed by atoms with Gasteiger partial charge in [-0.25, -0.2) is 15.0 Å². The zero-order chi connectivity index (χ0) is 22.5. The van der Waals surface area contributed by atoms with E-state index in [-0.39, 0.29) is 0 Å². The minimum absolute atomic E-state index is 0.542. The van der Waals surface area contributed by atoms with Gasteiger partial charge in [-0.05, 0) is 24.3 Å². The minimum Gasteiger partial charge on any atom is -0.378 e. The summed E-state index contributed by atoms with van der Waals surface area (Å²) in [5, 5.41) is 15.5. The van der Waals surface area contributed by atoms with Crippen molar-refractivity contribution in [3.05, 3.63) is 66.6 Å². The average Bonchev–Trinajstić information content (AvgIpc) is 3.36. The molecule has 1 aromatic carbocycles. The van der Waals surface area contributed by atoms with Crippen LogP contribution in [0.4, 0.5) is 17.5 Å². The Balaban J connectivity index is 1.28. The first kappa shape index (κ1) is 20.7. The van der Waals surface area contributed by atoms with Crippen molar-refractivity contribution in [1.29, 1.82) is 5.26 Å². The molecule has 33 heavy (non-hydrogen) atoms. The van der Waals surface area contributed by atoms with Crippen LogP contribution in [0.3, 0.4) is 0 Å². The highest BCUT2D eigenvalue weighted by Crippen LogP contribution is 2.25. The summed E-state index contributed by atoms with van der Waals surface area (Å²) in [7, 11) is 0. The second-order valence-corrected chi connectivity index (χ2v) is 7.66. The number of pyridine rings is 1. The molecule has 0 aliphatic carbocycles. The molecule has 1 aliphatic heterocycles. The predicted octanol–water partition coefficient (Wildman–Crippen LogP) is 3.02. The Morgan fingerprint density at radius 3 is 2.58 bits per heavy atom. The predicted molar refractivity (Wildman–Crippen MR) is 127 cm³/mol. The Hall–Kier alpha value is -4.16. The van der Waals surface area contributed by atoms with E-state index >= 15 is 0 Å². The van der Waals surface area contributed by atoms with E-state index in [4.69, 9.17) is 15.0 Å². The second kappa shape index (κ2) is 9.54. The van der Waals surface area contributed by atoms with Crippen LogP contribution in [-0.4, -0.2) is 58.7 Å². The third-order valence-electron chi connectivity index (χ3n) is 5.54. The molecule has 1 saturated heterocycles. The Bertz CT molecular complexity index is 1250. The van der Waals surface area contributed by atoms with E-state index in [0.717, 1.165) is 55.0 Å². The SMILES string of the molecule is N#Cc1ccc(NCCNc2nc(-c3ccc(N4CCOCC4)cc3)cc3nccn23)nc1. The van der Waals surface area contributed by atoms with Crippen molar-refractivity contribution in [1.82, 2.24) is 19.4 Å². The molecular formula is C24H24N8O. The number of nitrogens with zero attached hydrogens (tertiary/aromatic N) is 6. The van der Waals surface area contributed by atoms with Crippen molar-refractivity contribution in [3.63, 3.8) is 0 Å². The Morgan fingerprint density at radius 1 is 1.00 bits per heavy atom. The van der Waals surface area contributed by atoms with Crippen molar-refractivity contribution in [3.8, 4) is 17.3 Å². The summed E-state index contributed by atoms with van der Waals surface area (Å²) < 4.78 is 7.38. The van der Waals surface area contributed by atoms with Gasteiger partial charge < -0.3 is 20.3 Å². The van der Waals surface area contributed by atoms with E-state index in [1.165, 1.54) is 5.69 Å². The van der Waals surface area contributed by atoms with Crippen LogP contribution in [0.15, 0.2) is 61.1 Å². The molecule has 0 saturated carbocycles. The van der Waals surface area contributed by atoms with Gasteiger partial charge >= 0.3 is 0 Å². The van der Waals surface area contributed by atoms with Gasteiger partial charge in [0.05, 0.1) is 24.5 Å². The van der Waals surface area contributed by atoms with Crippen molar-refractivity contribution in [2.75, 3.05) is 54.9 Å². The van der Waals surface area contributed by atoms with E-state index in [9.17, 15) is 0 Å². The maximum atomic E-state index is 8.87. The van der Waals surface area contributed by atoms with Gasteiger partial charge in [0, 0.05) is 62.1 Å². The highest BCUT2D eigenvalue weighted by molar-refractivity contribution is 5.68. The van der Waals surface area contributed by atoms with E-state index in [0.29, 0.717) is 18.7 Å². The highest BCUT2D eigenvalue weighted by Gasteiger charge is 2.12. The lowest BCUT2D eigenvalue weighted by atomic mass is 10.1. The van der Waals surface area contributed by atoms with Crippen LogP contribution < -0.4 is 15.5 Å². The molecule has 0 bridgehead atoms. The number of nitriles is 1. The lowest BCUT2D eigenvalue weighted by Gasteiger charge is -2.28. The Kier molecular flexibility index (Phi) is 5.99. The van der Waals surface area contributed by atoms with E-state index in [1.54, 1.807) is 24.5 Å². The first-order valence-electron chi connectivity index (χ1n) is 10.9. The largest absolute Gasteiger partial charge is 0.378 e. The summed E-state index contributed by atoms with van der Waals surface area (Å²) in [5.41, 5.74) is 4.48. The van der Waals surface area contributed by atoms with Crippen molar-refractivity contribution in [2.45, 2.75) is 0 Å². The second-order valence-electron chi connectivity index (χ2n) is 7.66. The summed E-state index contributed by atoms with van der Waals surface area (Å²) in [5.74, 6) is 1.46. The molecule has 4 aromatic rings. The molecule has 0 unspecified atom stereocenters. The Labute approximate surface area is 191 Å². The van der Waals surface area contributed by atoms with Gasteiger partial charge in [0.25, 0.3) is 0 Å². The lowest BCUT2D eigenvalue weighted by Crippen LogP contribution is -2.36. The zero-order valence-electron chi connectivity index (χ0n) is 18.1. The van der Waals surface area contributed by atoms with Crippen molar-refractivity contribution >= 4 is 23.1 Å². The van der Waals surface area contributed by atoms with Crippen LogP contribution in [0, 0.1) is 11.3 Å². The Morgan fingerprint density at radius 2 is 1.82 bits per heavy atom. The molecular weight excluding hydrogens is 416 g/mol. The maximum absolute atomic E-state index is 8.87. The van der Waals surface area contributed by atoms with Gasteiger partial charge in [-0.2, -0.15) is 5.26 Å². The molecule has 0 radical (unpaired) electrons. The fourth-order valence-electron chi connectivity index (χ4n) is 3.79. The quantitative estimate of drug-likeness (QED) is 0.423. The molecule has 4 heterocycles. The van der Waals surface area contributed by atoms with Crippen LogP contribution in [0.5, 0.6) is 0 Å². The normalized spacial score (nSPS) is 13.6. The summed E-state index contributed by atoms with van der Waals surface area (Å²) in [4.78, 5) is 15.9. The fraction of sp³-hybridized carbons (Fsp3) is 0.250. The fourth-order valence-corrected chi connectivity index (χ4v) is 3.79. The van der Waals surface area contributed by atoms with Gasteiger partial charge in [0.1, 0.15) is 17.5 Å². The molecule has 1 fully saturated rings. The van der Waals surface area contributed by atoms with Crippen LogP contribution in [0.25, 0.3) is 16.9 Å². The zero-order valence-corrected chi connectivity index (χ0v) is 18.1. The van der Waals surface area contributed by atoms with Gasteiger partial charge in [-0.1, -0.05) is 12.1 Å². The molecule has 9 heteroatoms. The molecule has 1 aliphatic rings. The first-order chi connectivity index (χ1) is 16.3. The molecule has 2 N–H and O–H groups in total. The minimum atomic E-state index is 0.542. The van der Waals surface area contributed by atoms with E-state index in [1.807, 2.05) is 16.7 Å². The van der Waals surface area contributed by atoms with Gasteiger partial charge in [-0.3, -0.25) is 4.40 Å². The number of nitrogens with one attached hydrogen (secondary N) is 2. The number of aromatic nitrogens is 4. The molecule has 0 atom stereocenters. The van der Waals surface area contributed by atoms with Crippen LogP contribution >= 0.6 is 0 Å². The third kappa shape index (κ3) is 4.71. The number of rotatable bonds is 7. The number of ether oxygens (including phenoxy) is 1. The third-order valence-corrected chi connectivity index (χ3v) is 5.54. The number of fused-ring (bicyclic) bond motifs is 1. The first-order valence-corrected chi connectivity index (χ1v) is 10.9.